The Balaban J connectivity index is 1.44. The molecular formula is C27H30ClFN6O4. The predicted molar refractivity (Wildman–Crippen MR) is 147 cm³/mol. The largest absolute Gasteiger partial charge is 0.464 e. The molecule has 39 heavy (non-hydrogen) atoms. The second-order valence-corrected chi connectivity index (χ2v) is 10.8. The van der Waals surface area contributed by atoms with Crippen molar-refractivity contribution in [2.24, 2.45) is 7.05 Å². The molecule has 1 aliphatic rings. The van der Waals surface area contributed by atoms with E-state index in [0.29, 0.717) is 58.9 Å². The molecule has 0 aliphatic carbocycles. The fourth-order valence-corrected chi connectivity index (χ4v) is 4.76. The summed E-state index contributed by atoms with van der Waals surface area (Å²) in [7, 11) is 3.18. The summed E-state index contributed by atoms with van der Waals surface area (Å²) in [5.41, 5.74) is 1.76. The molecule has 12 heteroatoms. The summed E-state index contributed by atoms with van der Waals surface area (Å²) in [4.78, 5) is 25.5. The average Bonchev–Trinajstić information content (AvgIpc) is 3.27. The van der Waals surface area contributed by atoms with Gasteiger partial charge in [-0.1, -0.05) is 11.6 Å². The van der Waals surface area contributed by atoms with Crippen LogP contribution < -0.4 is 9.64 Å². The van der Waals surface area contributed by atoms with E-state index in [9.17, 15) is 4.79 Å². The van der Waals surface area contributed by atoms with E-state index in [-0.39, 0.29) is 24.2 Å². The maximum Gasteiger partial charge on any atom is 0.410 e. The lowest BCUT2D eigenvalue weighted by Gasteiger charge is -2.36. The Morgan fingerprint density at radius 3 is 2.59 bits per heavy atom. The molecule has 4 aromatic rings. The Bertz CT molecular complexity index is 1550. The number of hydrogen-bond donors (Lipinski definition) is 0. The summed E-state index contributed by atoms with van der Waals surface area (Å²) in [6, 6.07) is 5.36. The first-order valence-electron chi connectivity index (χ1n) is 12.5. The lowest BCUT2D eigenvalue weighted by Crippen LogP contribution is -2.50. The van der Waals surface area contributed by atoms with Crippen LogP contribution in [-0.4, -0.2) is 76.4 Å². The number of ether oxygens (including phenoxy) is 3. The fraction of sp³-hybridized carbons (Fsp3) is 0.407. The Morgan fingerprint density at radius 2 is 1.90 bits per heavy atom. The van der Waals surface area contributed by atoms with Gasteiger partial charge in [-0.15, -0.1) is 0 Å². The van der Waals surface area contributed by atoms with Gasteiger partial charge in [-0.3, -0.25) is 4.68 Å². The van der Waals surface area contributed by atoms with Crippen LogP contribution in [0.2, 0.25) is 5.02 Å². The highest BCUT2D eigenvalue weighted by Crippen LogP contribution is 2.39. The zero-order valence-electron chi connectivity index (χ0n) is 22.5. The number of carbonyl (C=O) groups excluding carboxylic acids is 1. The number of pyridine rings is 2. The number of amides is 1. The van der Waals surface area contributed by atoms with E-state index < -0.39 is 11.4 Å². The van der Waals surface area contributed by atoms with Crippen molar-refractivity contribution in [2.45, 2.75) is 26.4 Å². The molecule has 4 heterocycles. The maximum absolute atomic E-state index is 15.4. The molecule has 0 N–H and O–H groups in total. The zero-order chi connectivity index (χ0) is 27.9. The van der Waals surface area contributed by atoms with Crippen LogP contribution >= 0.6 is 11.6 Å². The van der Waals surface area contributed by atoms with Crippen LogP contribution in [-0.2, 0) is 16.5 Å². The Kier molecular flexibility index (Phi) is 7.21. The molecule has 1 amide bonds. The molecule has 5 rings (SSSR count). The third-order valence-electron chi connectivity index (χ3n) is 6.30. The number of nitrogens with zero attached hydrogens (tertiary/aromatic N) is 6. The molecule has 1 fully saturated rings. The zero-order valence-corrected chi connectivity index (χ0v) is 23.3. The summed E-state index contributed by atoms with van der Waals surface area (Å²) in [6.45, 7) is 7.73. The molecule has 1 aromatic carbocycles. The predicted octanol–water partition coefficient (Wildman–Crippen LogP) is 5.02. The number of anilines is 1. The SMILES string of the molecule is COCOc1c(-c2cc(Cl)c3cc(N4CCN(C(=O)OC(C)(C)C)CC4)cnc3n2)cc2cn(C)nc2c1F. The van der Waals surface area contributed by atoms with Crippen molar-refractivity contribution in [3.63, 3.8) is 0 Å². The van der Waals surface area contributed by atoms with Crippen LogP contribution in [0.3, 0.4) is 0 Å². The van der Waals surface area contributed by atoms with Gasteiger partial charge in [-0.25, -0.2) is 19.2 Å². The quantitative estimate of drug-likeness (QED) is 0.316. The van der Waals surface area contributed by atoms with Gasteiger partial charge in [0.05, 0.1) is 22.6 Å². The van der Waals surface area contributed by atoms with Crippen LogP contribution in [0, 0.1) is 5.82 Å². The summed E-state index contributed by atoms with van der Waals surface area (Å²) >= 11 is 6.72. The van der Waals surface area contributed by atoms with E-state index in [1.807, 2.05) is 26.8 Å². The molecule has 206 valence electrons. The lowest BCUT2D eigenvalue weighted by molar-refractivity contribution is 0.0240. The van der Waals surface area contributed by atoms with Crippen LogP contribution in [0.25, 0.3) is 33.2 Å². The van der Waals surface area contributed by atoms with E-state index in [2.05, 4.69) is 20.0 Å². The van der Waals surface area contributed by atoms with Crippen molar-refractivity contribution in [1.29, 1.82) is 0 Å². The molecule has 0 unspecified atom stereocenters. The van der Waals surface area contributed by atoms with Gasteiger partial charge in [0.2, 0.25) is 0 Å². The first-order valence-corrected chi connectivity index (χ1v) is 12.9. The Hall–Kier alpha value is -3.70. The fourth-order valence-electron chi connectivity index (χ4n) is 4.52. The van der Waals surface area contributed by atoms with E-state index in [1.165, 1.54) is 11.8 Å². The van der Waals surface area contributed by atoms with Gasteiger partial charge in [-0.05, 0) is 39.0 Å². The van der Waals surface area contributed by atoms with Crippen LogP contribution in [0.5, 0.6) is 5.75 Å². The molecule has 1 saturated heterocycles. The highest BCUT2D eigenvalue weighted by atomic mass is 35.5. The number of fused-ring (bicyclic) bond motifs is 2. The van der Waals surface area contributed by atoms with E-state index >= 15 is 4.39 Å². The summed E-state index contributed by atoms with van der Waals surface area (Å²) in [5.74, 6) is -0.627. The highest BCUT2D eigenvalue weighted by molar-refractivity contribution is 6.35. The number of methoxy groups -OCH3 is 1. The first-order chi connectivity index (χ1) is 18.5. The van der Waals surface area contributed by atoms with Crippen molar-refractivity contribution in [3.05, 3.63) is 41.4 Å². The van der Waals surface area contributed by atoms with Gasteiger partial charge in [-0.2, -0.15) is 5.10 Å². The lowest BCUT2D eigenvalue weighted by atomic mass is 10.1. The minimum Gasteiger partial charge on any atom is -0.464 e. The number of piperazine rings is 1. The van der Waals surface area contributed by atoms with Gasteiger partial charge in [0.15, 0.2) is 24.0 Å². The molecule has 0 bridgehead atoms. The first kappa shape index (κ1) is 26.9. The second-order valence-electron chi connectivity index (χ2n) is 10.4. The second kappa shape index (κ2) is 10.5. The third kappa shape index (κ3) is 5.55. The molecule has 10 nitrogen and oxygen atoms in total. The van der Waals surface area contributed by atoms with Gasteiger partial charge < -0.3 is 24.0 Å². The number of carbonyl (C=O) groups is 1. The average molecular weight is 557 g/mol. The monoisotopic (exact) mass is 556 g/mol. The van der Waals surface area contributed by atoms with Crippen LogP contribution in [0.15, 0.2) is 30.6 Å². The Morgan fingerprint density at radius 1 is 1.15 bits per heavy atom. The van der Waals surface area contributed by atoms with Gasteiger partial charge in [0, 0.05) is 62.9 Å². The number of halogens is 2. The topological polar surface area (TPSA) is 94.8 Å². The van der Waals surface area contributed by atoms with Crippen molar-refractivity contribution in [3.8, 4) is 17.0 Å². The van der Waals surface area contributed by atoms with Crippen molar-refractivity contribution in [1.82, 2.24) is 24.6 Å². The highest BCUT2D eigenvalue weighted by Gasteiger charge is 2.27. The molecule has 1 aliphatic heterocycles. The molecule has 0 radical (unpaired) electrons. The molecule has 0 saturated carbocycles. The number of hydrogen-bond acceptors (Lipinski definition) is 8. The standard InChI is InChI=1S/C27H30ClFN6O4/c1-27(2,3)39-26(36)35-8-6-34(7-9-35)17-11-18-20(28)12-21(31-25(18)30-13-17)19-10-16-14-33(4)32-23(16)22(29)24(19)38-15-37-5/h10-14H,6-9,15H2,1-5H3. The molecule has 0 spiro atoms. The van der Waals surface area contributed by atoms with E-state index in [0.717, 1.165) is 5.69 Å². The normalized spacial score (nSPS) is 14.3. The summed E-state index contributed by atoms with van der Waals surface area (Å²) < 4.78 is 33.0. The van der Waals surface area contributed by atoms with E-state index in [1.54, 1.807) is 36.5 Å². The maximum atomic E-state index is 15.4. The van der Waals surface area contributed by atoms with Gasteiger partial charge in [0.25, 0.3) is 0 Å². The van der Waals surface area contributed by atoms with Crippen molar-refractivity contribution < 1.29 is 23.4 Å². The van der Waals surface area contributed by atoms with E-state index in [4.69, 9.17) is 25.8 Å². The van der Waals surface area contributed by atoms with Gasteiger partial charge in [0.1, 0.15) is 11.1 Å². The van der Waals surface area contributed by atoms with Gasteiger partial charge >= 0.3 is 6.09 Å². The van der Waals surface area contributed by atoms with Crippen LogP contribution in [0.4, 0.5) is 14.9 Å². The third-order valence-corrected chi connectivity index (χ3v) is 6.61. The number of aryl methyl sites for hydroxylation is 1. The number of benzene rings is 1. The van der Waals surface area contributed by atoms with Crippen LogP contribution in [0.1, 0.15) is 20.8 Å². The molecular weight excluding hydrogens is 527 g/mol. The van der Waals surface area contributed by atoms with Crippen molar-refractivity contribution >= 4 is 45.3 Å². The summed E-state index contributed by atoms with van der Waals surface area (Å²) in [6.07, 6.45) is 3.14. The molecule has 0 atom stereocenters. The number of aromatic nitrogens is 4. The minimum absolute atomic E-state index is 0.0227. The molecule has 3 aromatic heterocycles. The van der Waals surface area contributed by atoms with Crippen molar-refractivity contribution in [2.75, 3.05) is 45.0 Å². The number of rotatable bonds is 5. The smallest absolute Gasteiger partial charge is 0.410 e. The minimum atomic E-state index is -0.605. The summed E-state index contributed by atoms with van der Waals surface area (Å²) in [5, 5.41) is 5.87. The Labute approximate surface area is 230 Å².